The zero-order chi connectivity index (χ0) is 18.0. The van der Waals surface area contributed by atoms with Crippen LogP contribution < -0.4 is 5.32 Å². The number of sulfonamides is 1. The van der Waals surface area contributed by atoms with Gasteiger partial charge in [0.2, 0.25) is 21.8 Å². The van der Waals surface area contributed by atoms with E-state index in [0.717, 1.165) is 11.1 Å². The first-order valence-electron chi connectivity index (χ1n) is 8.47. The SMILES string of the molecule is Cc1ccc(CS(=O)(=O)N2CCN(C(=O)C3CCC(=O)N3)CC2)cc1. The van der Waals surface area contributed by atoms with Gasteiger partial charge < -0.3 is 10.2 Å². The van der Waals surface area contributed by atoms with Gasteiger partial charge in [-0.25, -0.2) is 8.42 Å². The molecule has 136 valence electrons. The molecule has 1 aromatic rings. The van der Waals surface area contributed by atoms with Crippen LogP contribution in [0.5, 0.6) is 0 Å². The van der Waals surface area contributed by atoms with Crippen molar-refractivity contribution in [1.29, 1.82) is 0 Å². The van der Waals surface area contributed by atoms with Crippen LogP contribution in [0.15, 0.2) is 24.3 Å². The number of carbonyl (C=O) groups excluding carboxylic acids is 2. The lowest BCUT2D eigenvalue weighted by Gasteiger charge is -2.35. The summed E-state index contributed by atoms with van der Waals surface area (Å²) in [6.07, 6.45) is 0.894. The lowest BCUT2D eigenvalue weighted by molar-refractivity contribution is -0.135. The first-order valence-corrected chi connectivity index (χ1v) is 10.1. The quantitative estimate of drug-likeness (QED) is 0.829. The lowest BCUT2D eigenvalue weighted by Crippen LogP contribution is -2.54. The molecule has 2 fully saturated rings. The number of nitrogens with zero attached hydrogens (tertiary/aromatic N) is 2. The second kappa shape index (κ2) is 7.13. The van der Waals surface area contributed by atoms with Gasteiger partial charge in [0, 0.05) is 32.6 Å². The molecule has 1 unspecified atom stereocenters. The van der Waals surface area contributed by atoms with Crippen molar-refractivity contribution in [2.24, 2.45) is 0 Å². The van der Waals surface area contributed by atoms with Crippen LogP contribution in [0.25, 0.3) is 0 Å². The minimum atomic E-state index is -3.40. The molecule has 0 radical (unpaired) electrons. The van der Waals surface area contributed by atoms with Crippen molar-refractivity contribution in [3.63, 3.8) is 0 Å². The standard InChI is InChI=1S/C17H23N3O4S/c1-13-2-4-14(5-3-13)12-25(23,24)20-10-8-19(9-11-20)17(22)15-6-7-16(21)18-15/h2-5,15H,6-12H2,1H3,(H,18,21). The molecular weight excluding hydrogens is 342 g/mol. The minimum absolute atomic E-state index is 0.0279. The molecule has 2 aliphatic heterocycles. The summed E-state index contributed by atoms with van der Waals surface area (Å²) >= 11 is 0. The summed E-state index contributed by atoms with van der Waals surface area (Å²) in [6, 6.07) is 7.00. The van der Waals surface area contributed by atoms with Gasteiger partial charge in [-0.05, 0) is 18.9 Å². The van der Waals surface area contributed by atoms with E-state index >= 15 is 0 Å². The topological polar surface area (TPSA) is 86.8 Å². The maximum Gasteiger partial charge on any atom is 0.245 e. The highest BCUT2D eigenvalue weighted by molar-refractivity contribution is 7.88. The maximum atomic E-state index is 12.6. The van der Waals surface area contributed by atoms with E-state index in [-0.39, 0.29) is 17.6 Å². The van der Waals surface area contributed by atoms with Crippen molar-refractivity contribution in [1.82, 2.24) is 14.5 Å². The summed E-state index contributed by atoms with van der Waals surface area (Å²) in [4.78, 5) is 25.3. The van der Waals surface area contributed by atoms with Gasteiger partial charge in [-0.1, -0.05) is 29.8 Å². The third kappa shape index (κ3) is 4.19. The highest BCUT2D eigenvalue weighted by Crippen LogP contribution is 2.16. The average Bonchev–Trinajstić information content (AvgIpc) is 3.03. The molecule has 0 aliphatic carbocycles. The summed E-state index contributed by atoms with van der Waals surface area (Å²) in [5.74, 6) is -0.237. The van der Waals surface area contributed by atoms with Gasteiger partial charge in [0.25, 0.3) is 0 Å². The van der Waals surface area contributed by atoms with Crippen LogP contribution >= 0.6 is 0 Å². The summed E-state index contributed by atoms with van der Waals surface area (Å²) in [6.45, 7) is 3.26. The summed E-state index contributed by atoms with van der Waals surface area (Å²) in [5, 5.41) is 2.67. The van der Waals surface area contributed by atoms with Gasteiger partial charge in [-0.2, -0.15) is 4.31 Å². The van der Waals surface area contributed by atoms with Gasteiger partial charge in [0.1, 0.15) is 6.04 Å². The van der Waals surface area contributed by atoms with Crippen LogP contribution in [0.3, 0.4) is 0 Å². The predicted molar refractivity (Wildman–Crippen MR) is 93.1 cm³/mol. The molecule has 0 bridgehead atoms. The van der Waals surface area contributed by atoms with Crippen LogP contribution in [-0.4, -0.2) is 61.7 Å². The Labute approximate surface area is 148 Å². The summed E-state index contributed by atoms with van der Waals surface area (Å²) < 4.78 is 26.6. The average molecular weight is 365 g/mol. The Morgan fingerprint density at radius 2 is 1.80 bits per heavy atom. The number of piperazine rings is 1. The Kier molecular flexibility index (Phi) is 5.10. The molecule has 7 nitrogen and oxygen atoms in total. The number of hydrogen-bond acceptors (Lipinski definition) is 4. The summed E-state index contributed by atoms with van der Waals surface area (Å²) in [7, 11) is -3.40. The van der Waals surface area contributed by atoms with Crippen molar-refractivity contribution >= 4 is 21.8 Å². The molecule has 2 heterocycles. The smallest absolute Gasteiger partial charge is 0.245 e. The zero-order valence-electron chi connectivity index (χ0n) is 14.3. The van der Waals surface area contributed by atoms with Crippen LogP contribution in [0.4, 0.5) is 0 Å². The van der Waals surface area contributed by atoms with E-state index in [1.54, 1.807) is 4.90 Å². The molecule has 8 heteroatoms. The first kappa shape index (κ1) is 17.9. The van der Waals surface area contributed by atoms with Crippen molar-refractivity contribution in [3.05, 3.63) is 35.4 Å². The van der Waals surface area contributed by atoms with Crippen LogP contribution in [0, 0.1) is 6.92 Å². The Bertz CT molecular complexity index is 753. The molecule has 2 aliphatic rings. The van der Waals surface area contributed by atoms with E-state index in [1.165, 1.54) is 4.31 Å². The van der Waals surface area contributed by atoms with Crippen LogP contribution in [0.2, 0.25) is 0 Å². The fourth-order valence-electron chi connectivity index (χ4n) is 3.19. The molecule has 2 amide bonds. The number of aryl methyl sites for hydroxylation is 1. The highest BCUT2D eigenvalue weighted by atomic mass is 32.2. The van der Waals surface area contributed by atoms with E-state index in [2.05, 4.69) is 5.32 Å². The molecule has 25 heavy (non-hydrogen) atoms. The number of hydrogen-bond donors (Lipinski definition) is 1. The van der Waals surface area contributed by atoms with Crippen molar-refractivity contribution in [2.45, 2.75) is 31.6 Å². The van der Waals surface area contributed by atoms with E-state index in [1.807, 2.05) is 31.2 Å². The minimum Gasteiger partial charge on any atom is -0.344 e. The van der Waals surface area contributed by atoms with E-state index in [4.69, 9.17) is 0 Å². The van der Waals surface area contributed by atoms with Crippen LogP contribution in [-0.2, 0) is 25.4 Å². The second-order valence-corrected chi connectivity index (χ2v) is 8.59. The van der Waals surface area contributed by atoms with Crippen molar-refractivity contribution in [2.75, 3.05) is 26.2 Å². The Hall–Kier alpha value is -1.93. The number of amides is 2. The number of nitrogens with one attached hydrogen (secondary N) is 1. The van der Waals surface area contributed by atoms with Gasteiger partial charge in [0.15, 0.2) is 0 Å². The molecule has 0 spiro atoms. The third-order valence-corrected chi connectivity index (χ3v) is 6.56. The van der Waals surface area contributed by atoms with Gasteiger partial charge in [-0.15, -0.1) is 0 Å². The van der Waals surface area contributed by atoms with Gasteiger partial charge in [-0.3, -0.25) is 9.59 Å². The van der Waals surface area contributed by atoms with Gasteiger partial charge in [0.05, 0.1) is 5.75 Å². The van der Waals surface area contributed by atoms with Gasteiger partial charge >= 0.3 is 0 Å². The van der Waals surface area contributed by atoms with E-state index in [0.29, 0.717) is 39.0 Å². The van der Waals surface area contributed by atoms with Crippen molar-refractivity contribution < 1.29 is 18.0 Å². The zero-order valence-corrected chi connectivity index (χ0v) is 15.1. The number of benzene rings is 1. The molecule has 0 saturated carbocycles. The maximum absolute atomic E-state index is 12.6. The van der Waals surface area contributed by atoms with Crippen molar-refractivity contribution in [3.8, 4) is 0 Å². The molecule has 0 aromatic heterocycles. The molecular formula is C17H23N3O4S. The lowest BCUT2D eigenvalue weighted by atomic mass is 10.2. The predicted octanol–water partition coefficient (Wildman–Crippen LogP) is 0.248. The molecule has 1 aromatic carbocycles. The number of carbonyl (C=O) groups is 2. The van der Waals surface area contributed by atoms with E-state index < -0.39 is 16.1 Å². The van der Waals surface area contributed by atoms with Crippen LogP contribution in [0.1, 0.15) is 24.0 Å². The fraction of sp³-hybridized carbons (Fsp3) is 0.529. The molecule has 1 N–H and O–H groups in total. The molecule has 3 rings (SSSR count). The monoisotopic (exact) mass is 365 g/mol. The largest absolute Gasteiger partial charge is 0.344 e. The summed E-state index contributed by atoms with van der Waals surface area (Å²) in [5.41, 5.74) is 1.85. The molecule has 2 saturated heterocycles. The first-order chi connectivity index (χ1) is 11.8. The Morgan fingerprint density at radius 1 is 1.16 bits per heavy atom. The Morgan fingerprint density at radius 3 is 2.36 bits per heavy atom. The Balaban J connectivity index is 1.56. The van der Waals surface area contributed by atoms with E-state index in [9.17, 15) is 18.0 Å². The normalized spacial score (nSPS) is 22.0. The third-order valence-electron chi connectivity index (χ3n) is 4.71. The number of rotatable bonds is 4. The second-order valence-electron chi connectivity index (χ2n) is 6.62. The highest BCUT2D eigenvalue weighted by Gasteiger charge is 2.34. The fourth-order valence-corrected chi connectivity index (χ4v) is 4.71. The molecule has 1 atom stereocenters.